The first-order chi connectivity index (χ1) is 8.27. The molecule has 0 rings (SSSR count). The molecule has 0 radical (unpaired) electrons. The van der Waals surface area contributed by atoms with Gasteiger partial charge in [-0.2, -0.15) is 0 Å². The maximum Gasteiger partial charge on any atom is 0.121 e. The van der Waals surface area contributed by atoms with E-state index in [-0.39, 0.29) is 13.0 Å². The second kappa shape index (κ2) is 8.00. The summed E-state index contributed by atoms with van der Waals surface area (Å²) in [4.78, 5) is 0. The van der Waals surface area contributed by atoms with Crippen LogP contribution < -0.4 is 0 Å². The highest BCUT2D eigenvalue weighted by Crippen LogP contribution is 2.25. The molecular formula is C11H24O7. The van der Waals surface area contributed by atoms with Gasteiger partial charge < -0.3 is 35.4 Å². The summed E-state index contributed by atoms with van der Waals surface area (Å²) in [6.07, 6.45) is -4.80. The Balaban J connectivity index is 4.73. The van der Waals surface area contributed by atoms with Crippen LogP contribution in [-0.4, -0.2) is 80.5 Å². The molecule has 5 atom stereocenters. The molecule has 0 saturated carbocycles. The molecule has 0 aromatic heterocycles. The van der Waals surface area contributed by atoms with Crippen molar-refractivity contribution in [3.63, 3.8) is 0 Å². The molecule has 7 nitrogen and oxygen atoms in total. The van der Waals surface area contributed by atoms with E-state index in [2.05, 4.69) is 0 Å². The lowest BCUT2D eigenvalue weighted by atomic mass is 9.85. The second-order valence-corrected chi connectivity index (χ2v) is 4.55. The minimum absolute atomic E-state index is 0.0587. The molecule has 18 heavy (non-hydrogen) atoms. The van der Waals surface area contributed by atoms with Crippen LogP contribution >= 0.6 is 0 Å². The third-order valence-electron chi connectivity index (χ3n) is 2.81. The smallest absolute Gasteiger partial charge is 0.121 e. The van der Waals surface area contributed by atoms with Crippen molar-refractivity contribution in [3.8, 4) is 0 Å². The monoisotopic (exact) mass is 268 g/mol. The molecule has 0 aromatic rings. The normalized spacial score (nSPS) is 22.0. The average molecular weight is 268 g/mol. The van der Waals surface area contributed by atoms with Crippen molar-refractivity contribution < 1.29 is 35.4 Å². The fraction of sp³-hybridized carbons (Fsp3) is 1.00. The fourth-order valence-electron chi connectivity index (χ4n) is 1.60. The minimum Gasteiger partial charge on any atom is -0.394 e. The number of rotatable bonds is 9. The quantitative estimate of drug-likeness (QED) is 0.275. The Morgan fingerprint density at radius 1 is 1.06 bits per heavy atom. The van der Waals surface area contributed by atoms with Crippen LogP contribution in [0.15, 0.2) is 0 Å². The van der Waals surface area contributed by atoms with Crippen LogP contribution in [0, 0.1) is 0 Å². The lowest BCUT2D eigenvalue weighted by Gasteiger charge is -2.38. The topological polar surface area (TPSA) is 131 Å². The van der Waals surface area contributed by atoms with Crippen LogP contribution in [0.25, 0.3) is 0 Å². The zero-order valence-electron chi connectivity index (χ0n) is 10.7. The summed E-state index contributed by atoms with van der Waals surface area (Å²) in [5.41, 5.74) is -1.91. The average Bonchev–Trinajstić information content (AvgIpc) is 2.33. The van der Waals surface area contributed by atoms with Crippen LogP contribution in [0.2, 0.25) is 0 Å². The lowest BCUT2D eigenvalue weighted by Crippen LogP contribution is -2.56. The highest BCUT2D eigenvalue weighted by atomic mass is 16.5. The van der Waals surface area contributed by atoms with Crippen LogP contribution in [0.5, 0.6) is 0 Å². The molecule has 110 valence electrons. The highest BCUT2D eigenvalue weighted by molar-refractivity contribution is 4.94. The van der Waals surface area contributed by atoms with E-state index in [1.54, 1.807) is 0 Å². The Bertz CT molecular complexity index is 223. The molecule has 7 heteroatoms. The van der Waals surface area contributed by atoms with Crippen LogP contribution in [-0.2, 0) is 4.74 Å². The van der Waals surface area contributed by atoms with E-state index in [4.69, 9.17) is 20.1 Å². The first-order valence-corrected chi connectivity index (χ1v) is 5.87. The van der Waals surface area contributed by atoms with Gasteiger partial charge in [0.05, 0.1) is 38.1 Å². The minimum atomic E-state index is -1.91. The van der Waals surface area contributed by atoms with E-state index >= 15 is 0 Å². The van der Waals surface area contributed by atoms with Gasteiger partial charge in [0.15, 0.2) is 0 Å². The Labute approximate surface area is 106 Å². The van der Waals surface area contributed by atoms with Crippen molar-refractivity contribution in [2.24, 2.45) is 0 Å². The van der Waals surface area contributed by atoms with Crippen LogP contribution in [0.3, 0.4) is 0 Å². The molecule has 0 aliphatic carbocycles. The van der Waals surface area contributed by atoms with Gasteiger partial charge in [0.1, 0.15) is 11.7 Å². The number of ether oxygens (including phenoxy) is 1. The van der Waals surface area contributed by atoms with E-state index in [0.29, 0.717) is 0 Å². The molecule has 5 unspecified atom stereocenters. The van der Waals surface area contributed by atoms with Gasteiger partial charge in [-0.3, -0.25) is 0 Å². The molecule has 0 aromatic carbocycles. The molecule has 0 aliphatic rings. The first kappa shape index (κ1) is 17.7. The Kier molecular flexibility index (Phi) is 7.88. The summed E-state index contributed by atoms with van der Waals surface area (Å²) in [5.74, 6) is 0. The summed E-state index contributed by atoms with van der Waals surface area (Å²) in [7, 11) is 0. The summed E-state index contributed by atoms with van der Waals surface area (Å²) in [5, 5.41) is 56.0. The van der Waals surface area contributed by atoms with Gasteiger partial charge in [-0.1, -0.05) is 0 Å². The third-order valence-corrected chi connectivity index (χ3v) is 2.81. The molecule has 0 amide bonds. The van der Waals surface area contributed by atoms with Gasteiger partial charge in [0.2, 0.25) is 0 Å². The van der Waals surface area contributed by atoms with Gasteiger partial charge in [-0.25, -0.2) is 0 Å². The summed E-state index contributed by atoms with van der Waals surface area (Å²) in [6.45, 7) is 1.60. The summed E-state index contributed by atoms with van der Waals surface area (Å²) < 4.78 is 5.17. The van der Waals surface area contributed by atoms with Crippen molar-refractivity contribution in [2.75, 3.05) is 19.8 Å². The van der Waals surface area contributed by atoms with Gasteiger partial charge in [0.25, 0.3) is 0 Å². The number of hydrogen-bond acceptors (Lipinski definition) is 7. The molecule has 0 fully saturated rings. The Morgan fingerprint density at radius 3 is 2.00 bits per heavy atom. The summed E-state index contributed by atoms with van der Waals surface area (Å²) >= 11 is 0. The SMILES string of the molecule is CC(O)COC(C)C(O)(CC(O)CO)C(O)CO. The van der Waals surface area contributed by atoms with E-state index in [1.807, 2.05) is 0 Å². The van der Waals surface area contributed by atoms with E-state index in [1.165, 1.54) is 13.8 Å². The fourth-order valence-corrected chi connectivity index (χ4v) is 1.60. The lowest BCUT2D eigenvalue weighted by molar-refractivity contribution is -0.190. The predicted molar refractivity (Wildman–Crippen MR) is 62.8 cm³/mol. The van der Waals surface area contributed by atoms with Gasteiger partial charge >= 0.3 is 0 Å². The van der Waals surface area contributed by atoms with E-state index in [9.17, 15) is 15.3 Å². The molecule has 0 aliphatic heterocycles. The predicted octanol–water partition coefficient (Wildman–Crippen LogP) is -2.40. The van der Waals surface area contributed by atoms with Crippen molar-refractivity contribution >= 4 is 0 Å². The highest BCUT2D eigenvalue weighted by Gasteiger charge is 2.43. The Hall–Kier alpha value is -0.280. The summed E-state index contributed by atoms with van der Waals surface area (Å²) in [6, 6.07) is 0. The van der Waals surface area contributed by atoms with Gasteiger partial charge in [-0.05, 0) is 13.8 Å². The van der Waals surface area contributed by atoms with Crippen LogP contribution in [0.4, 0.5) is 0 Å². The molecular weight excluding hydrogens is 244 g/mol. The van der Waals surface area contributed by atoms with Crippen LogP contribution in [0.1, 0.15) is 20.3 Å². The number of aliphatic hydroxyl groups is 6. The molecule has 0 spiro atoms. The molecule has 0 heterocycles. The van der Waals surface area contributed by atoms with E-state index < -0.39 is 43.2 Å². The second-order valence-electron chi connectivity index (χ2n) is 4.55. The zero-order valence-corrected chi connectivity index (χ0v) is 10.7. The number of aliphatic hydroxyl groups excluding tert-OH is 5. The van der Waals surface area contributed by atoms with E-state index in [0.717, 1.165) is 0 Å². The number of hydrogen-bond donors (Lipinski definition) is 6. The standard InChI is InChI=1S/C11H24O7/c1-7(14)6-18-8(2)11(17,10(16)5-13)3-9(15)4-12/h7-10,12-17H,3-6H2,1-2H3. The van der Waals surface area contributed by atoms with Crippen molar-refractivity contribution in [3.05, 3.63) is 0 Å². The third kappa shape index (κ3) is 5.15. The van der Waals surface area contributed by atoms with Gasteiger partial charge in [0, 0.05) is 6.42 Å². The first-order valence-electron chi connectivity index (χ1n) is 5.87. The molecule has 6 N–H and O–H groups in total. The van der Waals surface area contributed by atoms with Crippen molar-refractivity contribution in [2.45, 2.75) is 50.3 Å². The molecule has 0 saturated heterocycles. The maximum absolute atomic E-state index is 10.3. The van der Waals surface area contributed by atoms with Crippen molar-refractivity contribution in [1.29, 1.82) is 0 Å². The maximum atomic E-state index is 10.3. The zero-order chi connectivity index (χ0) is 14.3. The largest absolute Gasteiger partial charge is 0.394 e. The van der Waals surface area contributed by atoms with Gasteiger partial charge in [-0.15, -0.1) is 0 Å². The molecule has 0 bridgehead atoms. The van der Waals surface area contributed by atoms with Crippen molar-refractivity contribution in [1.82, 2.24) is 0 Å². The Morgan fingerprint density at radius 2 is 1.61 bits per heavy atom.